The van der Waals surface area contributed by atoms with Crippen LogP contribution in [0.15, 0.2) is 23.6 Å². The third-order valence-corrected chi connectivity index (χ3v) is 2.57. The van der Waals surface area contributed by atoms with Crippen molar-refractivity contribution in [2.75, 3.05) is 0 Å². The van der Waals surface area contributed by atoms with E-state index in [-0.39, 0.29) is 5.82 Å². The molecule has 1 N–H and O–H groups in total. The maximum Gasteiger partial charge on any atom is 0.160 e. The molecule has 0 bridgehead atoms. The summed E-state index contributed by atoms with van der Waals surface area (Å²) in [5, 5.41) is 5.62. The standard InChI is InChI=1S/C9H5FN4S/c10-5-2-1-3-6-8(5)12-9(11-6)7-4-15-14-13-7/h1-4H,(H,11,12). The smallest absolute Gasteiger partial charge is 0.160 e. The lowest BCUT2D eigenvalue weighted by atomic mass is 10.3. The van der Waals surface area contributed by atoms with Crippen molar-refractivity contribution in [1.82, 2.24) is 19.6 Å². The summed E-state index contributed by atoms with van der Waals surface area (Å²) in [6.45, 7) is 0. The first-order valence-electron chi connectivity index (χ1n) is 4.26. The predicted molar refractivity (Wildman–Crippen MR) is 55.0 cm³/mol. The predicted octanol–water partition coefficient (Wildman–Crippen LogP) is 2.22. The van der Waals surface area contributed by atoms with E-state index < -0.39 is 0 Å². The summed E-state index contributed by atoms with van der Waals surface area (Å²) in [7, 11) is 0. The number of aromatic nitrogens is 4. The molecular weight excluding hydrogens is 215 g/mol. The lowest BCUT2D eigenvalue weighted by Gasteiger charge is -1.86. The van der Waals surface area contributed by atoms with E-state index in [0.717, 1.165) is 0 Å². The van der Waals surface area contributed by atoms with Crippen molar-refractivity contribution in [2.24, 2.45) is 0 Å². The van der Waals surface area contributed by atoms with E-state index in [1.165, 1.54) is 17.6 Å². The summed E-state index contributed by atoms with van der Waals surface area (Å²) < 4.78 is 17.1. The third kappa shape index (κ3) is 1.30. The molecule has 3 aromatic rings. The summed E-state index contributed by atoms with van der Waals surface area (Å²) in [6, 6.07) is 4.79. The van der Waals surface area contributed by atoms with Crippen LogP contribution in [0.25, 0.3) is 22.6 Å². The number of nitrogens with zero attached hydrogens (tertiary/aromatic N) is 3. The Bertz CT molecular complexity index is 602. The molecular formula is C9H5FN4S. The topological polar surface area (TPSA) is 54.5 Å². The minimum Gasteiger partial charge on any atom is -0.336 e. The summed E-state index contributed by atoms with van der Waals surface area (Å²) in [4.78, 5) is 7.12. The van der Waals surface area contributed by atoms with Crippen LogP contribution in [0, 0.1) is 5.82 Å². The molecule has 6 heteroatoms. The van der Waals surface area contributed by atoms with Gasteiger partial charge in [-0.2, -0.15) is 0 Å². The van der Waals surface area contributed by atoms with Gasteiger partial charge in [0.25, 0.3) is 0 Å². The highest BCUT2D eigenvalue weighted by atomic mass is 32.1. The third-order valence-electron chi connectivity index (χ3n) is 2.07. The number of hydrogen-bond acceptors (Lipinski definition) is 4. The quantitative estimate of drug-likeness (QED) is 0.684. The van der Waals surface area contributed by atoms with Crippen molar-refractivity contribution >= 4 is 22.6 Å². The molecule has 4 nitrogen and oxygen atoms in total. The van der Waals surface area contributed by atoms with Crippen LogP contribution in [0.3, 0.4) is 0 Å². The van der Waals surface area contributed by atoms with E-state index in [4.69, 9.17) is 0 Å². The second kappa shape index (κ2) is 3.09. The van der Waals surface area contributed by atoms with Crippen LogP contribution in [0.1, 0.15) is 0 Å². The summed E-state index contributed by atoms with van der Waals surface area (Å²) >= 11 is 1.23. The highest BCUT2D eigenvalue weighted by Crippen LogP contribution is 2.20. The maximum atomic E-state index is 13.3. The van der Waals surface area contributed by atoms with Gasteiger partial charge in [-0.25, -0.2) is 9.37 Å². The van der Waals surface area contributed by atoms with Gasteiger partial charge in [-0.1, -0.05) is 10.6 Å². The number of H-pyrrole nitrogens is 1. The Morgan fingerprint density at radius 3 is 3.00 bits per heavy atom. The Labute approximate surface area is 88.0 Å². The number of fused-ring (bicyclic) bond motifs is 1. The van der Waals surface area contributed by atoms with Gasteiger partial charge in [0.2, 0.25) is 0 Å². The summed E-state index contributed by atoms with van der Waals surface area (Å²) in [5.74, 6) is 0.210. The highest BCUT2D eigenvalue weighted by Gasteiger charge is 2.09. The van der Waals surface area contributed by atoms with Crippen LogP contribution >= 0.6 is 11.5 Å². The van der Waals surface area contributed by atoms with E-state index in [0.29, 0.717) is 22.6 Å². The van der Waals surface area contributed by atoms with Crippen molar-refractivity contribution in [3.63, 3.8) is 0 Å². The molecule has 0 radical (unpaired) electrons. The molecule has 1 aromatic carbocycles. The fourth-order valence-corrected chi connectivity index (χ4v) is 1.83. The molecule has 0 unspecified atom stereocenters. The second-order valence-corrected chi connectivity index (χ2v) is 3.62. The Hall–Kier alpha value is -1.82. The molecule has 0 aliphatic heterocycles. The molecule has 0 aliphatic carbocycles. The normalized spacial score (nSPS) is 11.0. The van der Waals surface area contributed by atoms with Gasteiger partial charge in [0.1, 0.15) is 11.2 Å². The van der Waals surface area contributed by atoms with E-state index in [9.17, 15) is 4.39 Å². The second-order valence-electron chi connectivity index (χ2n) is 3.01. The molecule has 2 aromatic heterocycles. The molecule has 0 atom stereocenters. The van der Waals surface area contributed by atoms with E-state index >= 15 is 0 Å². The average molecular weight is 220 g/mol. The van der Waals surface area contributed by atoms with Crippen LogP contribution in [0.4, 0.5) is 4.39 Å². The zero-order chi connectivity index (χ0) is 10.3. The maximum absolute atomic E-state index is 13.3. The molecule has 0 spiro atoms. The van der Waals surface area contributed by atoms with Crippen molar-refractivity contribution < 1.29 is 4.39 Å². The SMILES string of the molecule is Fc1cccc2[nH]c(-c3csnn3)nc12. The molecule has 15 heavy (non-hydrogen) atoms. The van der Waals surface area contributed by atoms with Gasteiger partial charge in [0, 0.05) is 5.38 Å². The van der Waals surface area contributed by atoms with E-state index in [1.807, 2.05) is 0 Å². The van der Waals surface area contributed by atoms with Crippen molar-refractivity contribution in [2.45, 2.75) is 0 Å². The van der Waals surface area contributed by atoms with Crippen molar-refractivity contribution in [3.8, 4) is 11.5 Å². The molecule has 74 valence electrons. The van der Waals surface area contributed by atoms with Gasteiger partial charge < -0.3 is 4.98 Å². The molecule has 0 saturated heterocycles. The minimum absolute atomic E-state index is 0.334. The van der Waals surface area contributed by atoms with Gasteiger partial charge in [-0.3, -0.25) is 0 Å². The fourth-order valence-electron chi connectivity index (χ4n) is 1.39. The average Bonchev–Trinajstić information content (AvgIpc) is 2.86. The van der Waals surface area contributed by atoms with E-state index in [2.05, 4.69) is 19.6 Å². The first-order valence-corrected chi connectivity index (χ1v) is 5.10. The van der Waals surface area contributed by atoms with E-state index in [1.54, 1.807) is 17.5 Å². The Morgan fingerprint density at radius 2 is 2.27 bits per heavy atom. The number of rotatable bonds is 1. The largest absolute Gasteiger partial charge is 0.336 e. The van der Waals surface area contributed by atoms with Gasteiger partial charge in [0.15, 0.2) is 11.6 Å². The Balaban J connectivity index is 2.27. The zero-order valence-electron chi connectivity index (χ0n) is 7.44. The van der Waals surface area contributed by atoms with Crippen molar-refractivity contribution in [1.29, 1.82) is 0 Å². The number of hydrogen-bond donors (Lipinski definition) is 1. The van der Waals surface area contributed by atoms with Crippen LogP contribution in [-0.2, 0) is 0 Å². The number of benzene rings is 1. The van der Waals surface area contributed by atoms with Crippen LogP contribution in [0.5, 0.6) is 0 Å². The number of nitrogens with one attached hydrogen (secondary N) is 1. The monoisotopic (exact) mass is 220 g/mol. The lowest BCUT2D eigenvalue weighted by molar-refractivity contribution is 0.637. The summed E-state index contributed by atoms with van der Waals surface area (Å²) in [6.07, 6.45) is 0. The fraction of sp³-hybridized carbons (Fsp3) is 0. The number of halogens is 1. The van der Waals surface area contributed by atoms with Gasteiger partial charge in [0.05, 0.1) is 5.52 Å². The van der Waals surface area contributed by atoms with Gasteiger partial charge in [-0.15, -0.1) is 5.10 Å². The molecule has 0 aliphatic rings. The van der Waals surface area contributed by atoms with Gasteiger partial charge in [-0.05, 0) is 23.7 Å². The summed E-state index contributed by atoms with van der Waals surface area (Å²) in [5.41, 5.74) is 1.63. The number of para-hydroxylation sites is 1. The molecule has 0 saturated carbocycles. The minimum atomic E-state index is -0.335. The molecule has 2 heterocycles. The number of imidazole rings is 1. The highest BCUT2D eigenvalue weighted by molar-refractivity contribution is 7.03. The molecule has 0 amide bonds. The first-order chi connectivity index (χ1) is 7.34. The van der Waals surface area contributed by atoms with Crippen LogP contribution < -0.4 is 0 Å². The number of aromatic amines is 1. The Kier molecular flexibility index (Phi) is 1.75. The molecule has 0 fully saturated rings. The van der Waals surface area contributed by atoms with Crippen LogP contribution in [-0.4, -0.2) is 19.6 Å². The first kappa shape index (κ1) is 8.49. The molecule has 3 rings (SSSR count). The Morgan fingerprint density at radius 1 is 1.33 bits per heavy atom. The van der Waals surface area contributed by atoms with Crippen LogP contribution in [0.2, 0.25) is 0 Å². The van der Waals surface area contributed by atoms with Crippen molar-refractivity contribution in [3.05, 3.63) is 29.4 Å². The zero-order valence-corrected chi connectivity index (χ0v) is 8.25. The lowest BCUT2D eigenvalue weighted by Crippen LogP contribution is -1.79. The van der Waals surface area contributed by atoms with Gasteiger partial charge >= 0.3 is 0 Å².